The van der Waals surface area contributed by atoms with Gasteiger partial charge in [0.25, 0.3) is 0 Å². The monoisotopic (exact) mass is 241 g/mol. The predicted octanol–water partition coefficient (Wildman–Crippen LogP) is 2.50. The summed E-state index contributed by atoms with van der Waals surface area (Å²) in [5.41, 5.74) is 0. The number of rotatable bonds is 4. The molecule has 0 spiro atoms. The van der Waals surface area contributed by atoms with Crippen LogP contribution in [0.5, 0.6) is 0 Å². The highest BCUT2D eigenvalue weighted by Gasteiger charge is 2.20. The van der Waals surface area contributed by atoms with E-state index in [1.54, 1.807) is 0 Å². The van der Waals surface area contributed by atoms with Crippen molar-refractivity contribution in [2.75, 3.05) is 25.1 Å². The molecule has 1 fully saturated rings. The fourth-order valence-electron chi connectivity index (χ4n) is 1.71. The Kier molecular flexibility index (Phi) is 4.12. The maximum atomic E-state index is 5.45. The van der Waals surface area contributed by atoms with Crippen molar-refractivity contribution in [3.63, 3.8) is 0 Å². The summed E-state index contributed by atoms with van der Waals surface area (Å²) in [6.45, 7) is 6.99. The van der Waals surface area contributed by atoms with Gasteiger partial charge in [0.2, 0.25) is 5.13 Å². The van der Waals surface area contributed by atoms with Crippen molar-refractivity contribution in [2.24, 2.45) is 5.92 Å². The van der Waals surface area contributed by atoms with Gasteiger partial charge < -0.3 is 10.1 Å². The van der Waals surface area contributed by atoms with E-state index in [4.69, 9.17) is 4.74 Å². The molecule has 0 radical (unpaired) electrons. The van der Waals surface area contributed by atoms with Gasteiger partial charge in [0.1, 0.15) is 5.82 Å². The van der Waals surface area contributed by atoms with Crippen LogP contribution in [0.2, 0.25) is 0 Å². The number of hydrogen-bond acceptors (Lipinski definition) is 5. The summed E-state index contributed by atoms with van der Waals surface area (Å²) < 4.78 is 9.85. The van der Waals surface area contributed by atoms with Crippen LogP contribution >= 0.6 is 11.5 Å². The molecule has 2 rings (SSSR count). The molecule has 0 amide bonds. The molecule has 2 heterocycles. The summed E-state index contributed by atoms with van der Waals surface area (Å²) in [6, 6.07) is 0. The first-order chi connectivity index (χ1) is 7.75. The first-order valence-electron chi connectivity index (χ1n) is 5.91. The highest BCUT2D eigenvalue weighted by molar-refractivity contribution is 7.09. The van der Waals surface area contributed by atoms with Gasteiger partial charge in [0.05, 0.1) is 6.61 Å². The Balaban J connectivity index is 1.90. The third-order valence-electron chi connectivity index (χ3n) is 2.63. The molecule has 1 unspecified atom stereocenters. The summed E-state index contributed by atoms with van der Waals surface area (Å²) in [7, 11) is 0. The highest BCUT2D eigenvalue weighted by atomic mass is 32.1. The van der Waals surface area contributed by atoms with E-state index in [0.29, 0.717) is 11.8 Å². The van der Waals surface area contributed by atoms with Crippen LogP contribution in [0.3, 0.4) is 0 Å². The van der Waals surface area contributed by atoms with Gasteiger partial charge in [0, 0.05) is 30.6 Å². The van der Waals surface area contributed by atoms with Crippen molar-refractivity contribution in [3.05, 3.63) is 5.82 Å². The molecular weight excluding hydrogens is 222 g/mol. The summed E-state index contributed by atoms with van der Waals surface area (Å²) in [5, 5.41) is 4.25. The molecule has 0 aromatic carbocycles. The standard InChI is InChI=1S/C11H19N3OS/c1-8(2)6-12-11-13-10(14-16-11)9-4-3-5-15-7-9/h8-9H,3-7H2,1-2H3,(H,12,13,14). The van der Waals surface area contributed by atoms with E-state index in [2.05, 4.69) is 28.5 Å². The molecule has 5 heteroatoms. The lowest BCUT2D eigenvalue weighted by Gasteiger charge is -2.18. The minimum Gasteiger partial charge on any atom is -0.381 e. The molecule has 1 aliphatic rings. The van der Waals surface area contributed by atoms with Crippen molar-refractivity contribution in [2.45, 2.75) is 32.6 Å². The first-order valence-corrected chi connectivity index (χ1v) is 6.68. The lowest BCUT2D eigenvalue weighted by atomic mass is 10.0. The largest absolute Gasteiger partial charge is 0.381 e. The Morgan fingerprint density at radius 1 is 1.56 bits per heavy atom. The molecule has 1 aromatic heterocycles. The second-order valence-corrected chi connectivity index (χ2v) is 5.40. The Morgan fingerprint density at radius 3 is 3.12 bits per heavy atom. The van der Waals surface area contributed by atoms with Gasteiger partial charge in [-0.1, -0.05) is 13.8 Å². The SMILES string of the molecule is CC(C)CNc1nc(C2CCCOC2)ns1. The quantitative estimate of drug-likeness (QED) is 0.880. The Bertz CT molecular complexity index is 321. The van der Waals surface area contributed by atoms with E-state index in [9.17, 15) is 0 Å². The molecule has 0 aliphatic carbocycles. The van der Waals surface area contributed by atoms with Gasteiger partial charge in [-0.25, -0.2) is 4.98 Å². The second-order valence-electron chi connectivity index (χ2n) is 4.65. The Morgan fingerprint density at radius 2 is 2.44 bits per heavy atom. The Labute approximate surface area is 101 Å². The normalized spacial score (nSPS) is 21.3. The Hall–Kier alpha value is -0.680. The lowest BCUT2D eigenvalue weighted by Crippen LogP contribution is -2.16. The number of nitrogens with one attached hydrogen (secondary N) is 1. The van der Waals surface area contributed by atoms with E-state index in [1.807, 2.05) is 0 Å². The van der Waals surface area contributed by atoms with Crippen LogP contribution in [0, 0.1) is 5.92 Å². The molecule has 1 N–H and O–H groups in total. The van der Waals surface area contributed by atoms with Gasteiger partial charge in [0.15, 0.2) is 0 Å². The van der Waals surface area contributed by atoms with E-state index in [0.717, 1.165) is 43.6 Å². The van der Waals surface area contributed by atoms with E-state index < -0.39 is 0 Å². The maximum absolute atomic E-state index is 5.45. The summed E-state index contributed by atoms with van der Waals surface area (Å²) in [6.07, 6.45) is 2.28. The first kappa shape index (κ1) is 11.8. The molecule has 4 nitrogen and oxygen atoms in total. The van der Waals surface area contributed by atoms with Crippen LogP contribution in [0.15, 0.2) is 0 Å². The van der Waals surface area contributed by atoms with Crippen LogP contribution in [0.25, 0.3) is 0 Å². The summed E-state index contributed by atoms with van der Waals surface area (Å²) in [5.74, 6) is 1.99. The topological polar surface area (TPSA) is 47.0 Å². The third kappa shape index (κ3) is 3.15. The fourth-order valence-corrected chi connectivity index (χ4v) is 2.36. The van der Waals surface area contributed by atoms with Crippen LogP contribution in [0.1, 0.15) is 38.4 Å². The molecule has 1 atom stereocenters. The number of aromatic nitrogens is 2. The molecule has 0 saturated carbocycles. The number of anilines is 1. The summed E-state index contributed by atoms with van der Waals surface area (Å²) >= 11 is 1.46. The van der Waals surface area contributed by atoms with Crippen LogP contribution < -0.4 is 5.32 Å². The molecule has 0 bridgehead atoms. The number of hydrogen-bond donors (Lipinski definition) is 1. The zero-order chi connectivity index (χ0) is 11.4. The van der Waals surface area contributed by atoms with Crippen molar-refractivity contribution in [1.29, 1.82) is 0 Å². The molecule has 1 aromatic rings. The zero-order valence-electron chi connectivity index (χ0n) is 9.90. The van der Waals surface area contributed by atoms with Crippen molar-refractivity contribution in [3.8, 4) is 0 Å². The molecule has 90 valence electrons. The van der Waals surface area contributed by atoms with E-state index >= 15 is 0 Å². The van der Waals surface area contributed by atoms with Crippen LogP contribution in [-0.2, 0) is 4.74 Å². The number of ether oxygens (including phenoxy) is 1. The fraction of sp³-hybridized carbons (Fsp3) is 0.818. The van der Waals surface area contributed by atoms with E-state index in [-0.39, 0.29) is 0 Å². The average molecular weight is 241 g/mol. The average Bonchev–Trinajstić information content (AvgIpc) is 2.76. The predicted molar refractivity (Wildman–Crippen MR) is 66.0 cm³/mol. The van der Waals surface area contributed by atoms with Gasteiger partial charge >= 0.3 is 0 Å². The molecule has 1 saturated heterocycles. The minimum absolute atomic E-state index is 0.402. The smallest absolute Gasteiger partial charge is 0.202 e. The van der Waals surface area contributed by atoms with E-state index in [1.165, 1.54) is 11.5 Å². The molecule has 1 aliphatic heterocycles. The highest BCUT2D eigenvalue weighted by Crippen LogP contribution is 2.25. The van der Waals surface area contributed by atoms with Crippen LogP contribution in [0.4, 0.5) is 5.13 Å². The van der Waals surface area contributed by atoms with Crippen molar-refractivity contribution >= 4 is 16.7 Å². The number of nitrogens with zero attached hydrogens (tertiary/aromatic N) is 2. The lowest BCUT2D eigenvalue weighted by molar-refractivity contribution is 0.0784. The van der Waals surface area contributed by atoms with Crippen molar-refractivity contribution < 1.29 is 4.74 Å². The maximum Gasteiger partial charge on any atom is 0.202 e. The van der Waals surface area contributed by atoms with Gasteiger partial charge in [-0.2, -0.15) is 4.37 Å². The second kappa shape index (κ2) is 5.59. The van der Waals surface area contributed by atoms with Gasteiger partial charge in [-0.3, -0.25) is 0 Å². The minimum atomic E-state index is 0.402. The molecular formula is C11H19N3OS. The molecule has 16 heavy (non-hydrogen) atoms. The van der Waals surface area contributed by atoms with Crippen LogP contribution in [-0.4, -0.2) is 29.1 Å². The zero-order valence-corrected chi connectivity index (χ0v) is 10.7. The van der Waals surface area contributed by atoms with Crippen molar-refractivity contribution in [1.82, 2.24) is 9.36 Å². The van der Waals surface area contributed by atoms with Gasteiger partial charge in [-0.15, -0.1) is 0 Å². The third-order valence-corrected chi connectivity index (χ3v) is 3.32. The summed E-state index contributed by atoms with van der Waals surface area (Å²) in [4.78, 5) is 4.52. The van der Waals surface area contributed by atoms with Gasteiger partial charge in [-0.05, 0) is 18.8 Å².